The average molecular weight is 341 g/mol. The Bertz CT molecular complexity index is 735. The van der Waals surface area contributed by atoms with E-state index in [2.05, 4.69) is 10.3 Å². The van der Waals surface area contributed by atoms with E-state index in [9.17, 15) is 4.79 Å². The van der Waals surface area contributed by atoms with Crippen molar-refractivity contribution in [1.29, 1.82) is 0 Å². The van der Waals surface area contributed by atoms with Gasteiger partial charge >= 0.3 is 0 Å². The van der Waals surface area contributed by atoms with E-state index < -0.39 is 0 Å². The van der Waals surface area contributed by atoms with Crippen molar-refractivity contribution in [2.24, 2.45) is 0 Å². The lowest BCUT2D eigenvalue weighted by Crippen LogP contribution is -2.42. The molecule has 1 saturated heterocycles. The minimum absolute atomic E-state index is 0.0102. The predicted molar refractivity (Wildman–Crippen MR) is 95.5 cm³/mol. The minimum atomic E-state index is -0.215. The van der Waals surface area contributed by atoms with E-state index in [1.807, 2.05) is 54.4 Å². The van der Waals surface area contributed by atoms with E-state index in [0.717, 1.165) is 17.1 Å². The maximum Gasteiger partial charge on any atom is 0.254 e. The van der Waals surface area contributed by atoms with Crippen LogP contribution in [0.3, 0.4) is 0 Å². The third-order valence-corrected chi connectivity index (χ3v) is 4.20. The molecule has 1 atom stereocenters. The highest BCUT2D eigenvalue weighted by Gasteiger charge is 2.27. The predicted octanol–water partition coefficient (Wildman–Crippen LogP) is 2.48. The molecule has 3 rings (SSSR count). The van der Waals surface area contributed by atoms with E-state index in [1.165, 1.54) is 0 Å². The maximum atomic E-state index is 12.9. The van der Waals surface area contributed by atoms with Crippen LogP contribution in [0.15, 0.2) is 42.5 Å². The van der Waals surface area contributed by atoms with Gasteiger partial charge in [0.25, 0.3) is 5.91 Å². The molecule has 2 aromatic rings. The van der Waals surface area contributed by atoms with Crippen LogP contribution in [0.4, 0.5) is 5.82 Å². The number of aromatic nitrogens is 1. The molecule has 0 bridgehead atoms. The number of anilines is 1. The molecule has 1 aliphatic heterocycles. The maximum absolute atomic E-state index is 12.9. The van der Waals surface area contributed by atoms with Gasteiger partial charge in [0.15, 0.2) is 0 Å². The number of carbonyl (C=O) groups is 1. The Labute approximate surface area is 147 Å². The second kappa shape index (κ2) is 8.09. The summed E-state index contributed by atoms with van der Waals surface area (Å²) in [4.78, 5) is 19.2. The molecular formula is C19H23N3O3. The van der Waals surface area contributed by atoms with Crippen LogP contribution in [0.25, 0.3) is 0 Å². The van der Waals surface area contributed by atoms with E-state index in [4.69, 9.17) is 9.47 Å². The molecule has 25 heavy (non-hydrogen) atoms. The molecule has 1 amide bonds. The first-order valence-corrected chi connectivity index (χ1v) is 8.34. The fourth-order valence-corrected chi connectivity index (χ4v) is 2.93. The van der Waals surface area contributed by atoms with Gasteiger partial charge in [-0.2, -0.15) is 0 Å². The quantitative estimate of drug-likeness (QED) is 0.905. The molecule has 0 saturated carbocycles. The highest BCUT2D eigenvalue weighted by molar-refractivity contribution is 5.94. The highest BCUT2D eigenvalue weighted by Crippen LogP contribution is 2.23. The Balaban J connectivity index is 1.74. The summed E-state index contributed by atoms with van der Waals surface area (Å²) in [6.45, 7) is 2.07. The van der Waals surface area contributed by atoms with Gasteiger partial charge in [-0.25, -0.2) is 4.98 Å². The van der Waals surface area contributed by atoms with E-state index in [1.54, 1.807) is 7.11 Å². The monoisotopic (exact) mass is 341 g/mol. The van der Waals surface area contributed by atoms with Gasteiger partial charge in [0.05, 0.1) is 25.5 Å². The second-order valence-corrected chi connectivity index (χ2v) is 5.94. The number of nitrogens with zero attached hydrogens (tertiary/aromatic N) is 2. The zero-order valence-electron chi connectivity index (χ0n) is 14.6. The fourth-order valence-electron chi connectivity index (χ4n) is 2.93. The van der Waals surface area contributed by atoms with Crippen molar-refractivity contribution in [2.45, 2.75) is 12.7 Å². The zero-order valence-corrected chi connectivity index (χ0v) is 14.6. The first-order chi connectivity index (χ1) is 12.2. The largest absolute Gasteiger partial charge is 0.380 e. The van der Waals surface area contributed by atoms with Crippen LogP contribution in [-0.4, -0.2) is 49.6 Å². The summed E-state index contributed by atoms with van der Waals surface area (Å²) < 4.78 is 11.0. The molecule has 0 radical (unpaired) electrons. The van der Waals surface area contributed by atoms with Gasteiger partial charge in [0.1, 0.15) is 11.9 Å². The highest BCUT2D eigenvalue weighted by atomic mass is 16.5. The van der Waals surface area contributed by atoms with Gasteiger partial charge in [-0.15, -0.1) is 0 Å². The van der Waals surface area contributed by atoms with Gasteiger partial charge in [-0.05, 0) is 29.8 Å². The fraction of sp³-hybridized carbons (Fsp3) is 0.368. The van der Waals surface area contributed by atoms with Crippen LogP contribution in [0.5, 0.6) is 0 Å². The number of carbonyl (C=O) groups excluding carboxylic acids is 1. The van der Waals surface area contributed by atoms with Crippen molar-refractivity contribution in [1.82, 2.24) is 9.88 Å². The van der Waals surface area contributed by atoms with E-state index in [0.29, 0.717) is 31.9 Å². The summed E-state index contributed by atoms with van der Waals surface area (Å²) in [5.74, 6) is 0.799. The molecule has 132 valence electrons. The van der Waals surface area contributed by atoms with Crippen LogP contribution in [0.1, 0.15) is 27.7 Å². The molecule has 6 heteroatoms. The van der Waals surface area contributed by atoms with Crippen molar-refractivity contribution >= 4 is 11.7 Å². The van der Waals surface area contributed by atoms with Crippen molar-refractivity contribution in [3.63, 3.8) is 0 Å². The molecule has 1 N–H and O–H groups in total. The molecule has 1 aromatic heterocycles. The van der Waals surface area contributed by atoms with Crippen LogP contribution in [0.2, 0.25) is 0 Å². The number of rotatable bonds is 5. The number of benzene rings is 1. The SMILES string of the molecule is CNc1cccc([C@H]2CN(C(=O)c3cccc(COC)c3)CCO2)n1. The third-order valence-electron chi connectivity index (χ3n) is 4.20. The minimum Gasteiger partial charge on any atom is -0.380 e. The number of ether oxygens (including phenoxy) is 2. The number of nitrogens with one attached hydrogen (secondary N) is 1. The zero-order chi connectivity index (χ0) is 17.6. The van der Waals surface area contributed by atoms with Crippen molar-refractivity contribution < 1.29 is 14.3 Å². The van der Waals surface area contributed by atoms with E-state index >= 15 is 0 Å². The smallest absolute Gasteiger partial charge is 0.254 e. The lowest BCUT2D eigenvalue weighted by molar-refractivity contribution is -0.0246. The number of amides is 1. The molecule has 6 nitrogen and oxygen atoms in total. The Kier molecular flexibility index (Phi) is 5.63. The van der Waals surface area contributed by atoms with Crippen LogP contribution in [0, 0.1) is 0 Å². The number of hydrogen-bond donors (Lipinski definition) is 1. The molecule has 0 unspecified atom stereocenters. The first-order valence-electron chi connectivity index (χ1n) is 8.34. The first kappa shape index (κ1) is 17.4. The molecule has 1 fully saturated rings. The Hall–Kier alpha value is -2.44. The third kappa shape index (κ3) is 4.15. The standard InChI is InChI=1S/C19H23N3O3/c1-20-18-8-4-7-16(21-18)17-12-22(9-10-25-17)19(23)15-6-3-5-14(11-15)13-24-2/h3-8,11,17H,9-10,12-13H2,1-2H3,(H,20,21)/t17-/m1/s1. The molecule has 0 aliphatic carbocycles. The van der Waals surface area contributed by atoms with Crippen LogP contribution < -0.4 is 5.32 Å². The van der Waals surface area contributed by atoms with Crippen LogP contribution >= 0.6 is 0 Å². The Morgan fingerprint density at radius 2 is 2.20 bits per heavy atom. The molecule has 1 aromatic carbocycles. The topological polar surface area (TPSA) is 63.7 Å². The number of pyridine rings is 1. The summed E-state index contributed by atoms with van der Waals surface area (Å²) in [7, 11) is 3.48. The molecule has 0 spiro atoms. The number of methoxy groups -OCH3 is 1. The Morgan fingerprint density at radius 3 is 3.00 bits per heavy atom. The second-order valence-electron chi connectivity index (χ2n) is 5.94. The van der Waals surface area contributed by atoms with Gasteiger partial charge in [0.2, 0.25) is 0 Å². The van der Waals surface area contributed by atoms with Crippen LogP contribution in [-0.2, 0) is 16.1 Å². The lowest BCUT2D eigenvalue weighted by atomic mass is 10.1. The van der Waals surface area contributed by atoms with Crippen molar-refractivity contribution in [3.05, 3.63) is 59.3 Å². The van der Waals surface area contributed by atoms with Crippen molar-refractivity contribution in [2.75, 3.05) is 39.2 Å². The average Bonchev–Trinajstić information content (AvgIpc) is 2.68. The number of morpholine rings is 1. The van der Waals surface area contributed by atoms with E-state index in [-0.39, 0.29) is 12.0 Å². The summed E-state index contributed by atoms with van der Waals surface area (Å²) >= 11 is 0. The summed E-state index contributed by atoms with van der Waals surface area (Å²) in [6.07, 6.45) is -0.215. The van der Waals surface area contributed by atoms with Gasteiger partial charge < -0.3 is 19.7 Å². The van der Waals surface area contributed by atoms with Gasteiger partial charge in [-0.3, -0.25) is 4.79 Å². The van der Waals surface area contributed by atoms with Gasteiger partial charge in [-0.1, -0.05) is 18.2 Å². The summed E-state index contributed by atoms with van der Waals surface area (Å²) in [6, 6.07) is 13.3. The summed E-state index contributed by atoms with van der Waals surface area (Å²) in [5, 5.41) is 3.03. The van der Waals surface area contributed by atoms with Crippen molar-refractivity contribution in [3.8, 4) is 0 Å². The van der Waals surface area contributed by atoms with Gasteiger partial charge in [0, 0.05) is 26.3 Å². The lowest BCUT2D eigenvalue weighted by Gasteiger charge is -2.33. The molecule has 1 aliphatic rings. The Morgan fingerprint density at radius 1 is 1.36 bits per heavy atom. The number of hydrogen-bond acceptors (Lipinski definition) is 5. The summed E-state index contributed by atoms with van der Waals surface area (Å²) in [5.41, 5.74) is 2.49. The molecular weight excluding hydrogens is 318 g/mol. The normalized spacial score (nSPS) is 17.4. The molecule has 2 heterocycles.